The van der Waals surface area contributed by atoms with E-state index in [2.05, 4.69) is 32.8 Å². The molecule has 2 nitrogen and oxygen atoms in total. The third-order valence-electron chi connectivity index (χ3n) is 3.25. The molecule has 94 valence electrons. The fourth-order valence-electron chi connectivity index (χ4n) is 2.29. The minimum Gasteiger partial charge on any atom is -0.368 e. The largest absolute Gasteiger partial charge is 0.368 e. The van der Waals surface area contributed by atoms with E-state index in [1.807, 2.05) is 6.07 Å². The normalized spacial score (nSPS) is 18.2. The Kier molecular flexibility index (Phi) is 4.40. The summed E-state index contributed by atoms with van der Waals surface area (Å²) in [5.41, 5.74) is 1.81. The number of hydrogen-bond donors (Lipinski definition) is 0. The van der Waals surface area contributed by atoms with Gasteiger partial charge in [0, 0.05) is 25.0 Å². The van der Waals surface area contributed by atoms with Crippen LogP contribution in [-0.2, 0) is 5.33 Å². The van der Waals surface area contributed by atoms with Crippen molar-refractivity contribution < 1.29 is 4.39 Å². The highest BCUT2D eigenvalue weighted by molar-refractivity contribution is 9.08. The minimum absolute atomic E-state index is 0.105. The number of hydrogen-bond acceptors (Lipinski definition) is 2. The smallest absolute Gasteiger partial charge is 0.146 e. The fraction of sp³-hybridized carbons (Fsp3) is 0.538. The average Bonchev–Trinajstić information content (AvgIpc) is 2.54. The third-order valence-corrected chi connectivity index (χ3v) is 3.85. The number of benzene rings is 1. The molecule has 0 aliphatic carbocycles. The maximum absolute atomic E-state index is 14.0. The van der Waals surface area contributed by atoms with E-state index in [-0.39, 0.29) is 5.82 Å². The summed E-state index contributed by atoms with van der Waals surface area (Å²) in [6.45, 7) is 3.92. The van der Waals surface area contributed by atoms with E-state index >= 15 is 0 Å². The lowest BCUT2D eigenvalue weighted by Gasteiger charge is -2.25. The monoisotopic (exact) mass is 300 g/mol. The van der Waals surface area contributed by atoms with Crippen LogP contribution < -0.4 is 4.90 Å². The lowest BCUT2D eigenvalue weighted by Crippen LogP contribution is -2.30. The average molecular weight is 301 g/mol. The first-order chi connectivity index (χ1) is 8.22. The Balaban J connectivity index is 2.26. The van der Waals surface area contributed by atoms with Gasteiger partial charge in [0.2, 0.25) is 0 Å². The van der Waals surface area contributed by atoms with Crippen molar-refractivity contribution in [3.63, 3.8) is 0 Å². The molecule has 1 fully saturated rings. The molecule has 0 atom stereocenters. The van der Waals surface area contributed by atoms with Gasteiger partial charge in [-0.25, -0.2) is 4.39 Å². The topological polar surface area (TPSA) is 6.48 Å². The molecule has 1 aromatic rings. The van der Waals surface area contributed by atoms with Gasteiger partial charge in [0.25, 0.3) is 0 Å². The Morgan fingerprint density at radius 3 is 2.82 bits per heavy atom. The molecule has 17 heavy (non-hydrogen) atoms. The molecule has 0 aromatic heterocycles. The SMILES string of the molecule is CN1CCCN(c2c(F)cccc2CBr)CC1. The number of alkyl halides is 1. The zero-order valence-electron chi connectivity index (χ0n) is 10.1. The molecule has 1 aliphatic heterocycles. The van der Waals surface area contributed by atoms with Crippen LogP contribution in [0.5, 0.6) is 0 Å². The number of nitrogens with zero attached hydrogens (tertiary/aromatic N) is 2. The summed E-state index contributed by atoms with van der Waals surface area (Å²) in [4.78, 5) is 4.48. The van der Waals surface area contributed by atoms with Crippen LogP contribution in [0.2, 0.25) is 0 Å². The van der Waals surface area contributed by atoms with Crippen LogP contribution in [-0.4, -0.2) is 38.1 Å². The quantitative estimate of drug-likeness (QED) is 0.775. The molecule has 0 saturated carbocycles. The van der Waals surface area contributed by atoms with Gasteiger partial charge >= 0.3 is 0 Å². The molecular formula is C13H18BrFN2. The van der Waals surface area contributed by atoms with E-state index in [4.69, 9.17) is 0 Å². The Hall–Kier alpha value is -0.610. The van der Waals surface area contributed by atoms with E-state index < -0.39 is 0 Å². The minimum atomic E-state index is -0.105. The molecule has 4 heteroatoms. The van der Waals surface area contributed by atoms with Gasteiger partial charge in [0.1, 0.15) is 5.82 Å². The van der Waals surface area contributed by atoms with Gasteiger partial charge < -0.3 is 9.80 Å². The summed E-state index contributed by atoms with van der Waals surface area (Å²) in [6.07, 6.45) is 1.09. The summed E-state index contributed by atoms with van der Waals surface area (Å²) < 4.78 is 14.0. The van der Waals surface area contributed by atoms with Gasteiger partial charge in [-0.3, -0.25) is 0 Å². The van der Waals surface area contributed by atoms with E-state index in [0.717, 1.165) is 43.9 Å². The van der Waals surface area contributed by atoms with Gasteiger partial charge in [0.05, 0.1) is 5.69 Å². The van der Waals surface area contributed by atoms with Crippen LogP contribution in [0.15, 0.2) is 18.2 Å². The predicted octanol–water partition coefficient (Wildman–Crippen LogP) is 2.86. The van der Waals surface area contributed by atoms with E-state index in [9.17, 15) is 4.39 Å². The Bertz CT molecular complexity index is 384. The molecule has 1 saturated heterocycles. The molecule has 0 N–H and O–H groups in total. The molecular weight excluding hydrogens is 283 g/mol. The van der Waals surface area contributed by atoms with Gasteiger partial charge in [-0.2, -0.15) is 0 Å². The zero-order valence-corrected chi connectivity index (χ0v) is 11.7. The Morgan fingerprint density at radius 2 is 2.06 bits per heavy atom. The summed E-state index contributed by atoms with van der Waals surface area (Å²) in [7, 11) is 2.12. The predicted molar refractivity (Wildman–Crippen MR) is 73.4 cm³/mol. The number of halogens is 2. The lowest BCUT2D eigenvalue weighted by atomic mass is 10.1. The molecule has 2 rings (SSSR count). The molecule has 0 bridgehead atoms. The summed E-state index contributed by atoms with van der Waals surface area (Å²) in [5, 5.41) is 0.701. The number of anilines is 1. The van der Waals surface area contributed by atoms with Gasteiger partial charge in [-0.15, -0.1) is 0 Å². The van der Waals surface area contributed by atoms with Crippen LogP contribution in [0.25, 0.3) is 0 Å². The molecule has 1 aliphatic rings. The van der Waals surface area contributed by atoms with Crippen LogP contribution in [0, 0.1) is 5.82 Å². The molecule has 1 aromatic carbocycles. The highest BCUT2D eigenvalue weighted by Gasteiger charge is 2.18. The second-order valence-electron chi connectivity index (χ2n) is 4.53. The Labute approximate surface area is 111 Å². The highest BCUT2D eigenvalue weighted by atomic mass is 79.9. The zero-order chi connectivity index (χ0) is 12.3. The van der Waals surface area contributed by atoms with Crippen molar-refractivity contribution in [3.8, 4) is 0 Å². The van der Waals surface area contributed by atoms with Crippen LogP contribution in [0.4, 0.5) is 10.1 Å². The van der Waals surface area contributed by atoms with Crippen LogP contribution in [0.3, 0.4) is 0 Å². The molecule has 0 amide bonds. The van der Waals surface area contributed by atoms with Crippen LogP contribution in [0.1, 0.15) is 12.0 Å². The first kappa shape index (κ1) is 12.8. The van der Waals surface area contributed by atoms with Crippen molar-refractivity contribution in [1.29, 1.82) is 0 Å². The van der Waals surface area contributed by atoms with Crippen molar-refractivity contribution in [3.05, 3.63) is 29.6 Å². The standard InChI is InChI=1S/C13H18BrFN2/c1-16-6-3-7-17(9-8-16)13-11(10-14)4-2-5-12(13)15/h2,4-5H,3,6-10H2,1H3. The molecule has 1 heterocycles. The van der Waals surface area contributed by atoms with E-state index in [1.165, 1.54) is 0 Å². The second kappa shape index (κ2) is 5.83. The molecule has 0 spiro atoms. The van der Waals surface area contributed by atoms with Gasteiger partial charge in [-0.1, -0.05) is 28.1 Å². The Morgan fingerprint density at radius 1 is 1.24 bits per heavy atom. The maximum Gasteiger partial charge on any atom is 0.146 e. The first-order valence-corrected chi connectivity index (χ1v) is 7.11. The molecule has 0 radical (unpaired) electrons. The van der Waals surface area contributed by atoms with Crippen molar-refractivity contribution in [2.24, 2.45) is 0 Å². The summed E-state index contributed by atoms with van der Waals surface area (Å²) in [5.74, 6) is -0.105. The van der Waals surface area contributed by atoms with Crippen molar-refractivity contribution in [2.45, 2.75) is 11.8 Å². The van der Waals surface area contributed by atoms with Crippen LogP contribution >= 0.6 is 15.9 Å². The van der Waals surface area contributed by atoms with E-state index in [0.29, 0.717) is 5.33 Å². The molecule has 0 unspecified atom stereocenters. The fourth-order valence-corrected chi connectivity index (χ4v) is 2.74. The first-order valence-electron chi connectivity index (χ1n) is 5.99. The number of rotatable bonds is 2. The summed E-state index contributed by atoms with van der Waals surface area (Å²) in [6, 6.07) is 5.32. The van der Waals surface area contributed by atoms with E-state index in [1.54, 1.807) is 12.1 Å². The highest BCUT2D eigenvalue weighted by Crippen LogP contribution is 2.27. The number of para-hydroxylation sites is 1. The number of likely N-dealkylation sites (N-methyl/N-ethyl adjacent to an activating group) is 1. The van der Waals surface area contributed by atoms with Gasteiger partial charge in [-0.05, 0) is 31.6 Å². The maximum atomic E-state index is 14.0. The van der Waals surface area contributed by atoms with Crippen molar-refractivity contribution in [1.82, 2.24) is 4.90 Å². The lowest BCUT2D eigenvalue weighted by molar-refractivity contribution is 0.360. The second-order valence-corrected chi connectivity index (χ2v) is 5.09. The van der Waals surface area contributed by atoms with Crippen molar-refractivity contribution in [2.75, 3.05) is 38.1 Å². The van der Waals surface area contributed by atoms with Gasteiger partial charge in [0.15, 0.2) is 0 Å². The van der Waals surface area contributed by atoms with Crippen molar-refractivity contribution >= 4 is 21.6 Å². The third kappa shape index (κ3) is 2.99. The summed E-state index contributed by atoms with van der Waals surface area (Å²) >= 11 is 3.44.